The van der Waals surface area contributed by atoms with E-state index in [4.69, 9.17) is 11.5 Å². The Balaban J connectivity index is 1.56. The molecule has 0 saturated carbocycles. The smallest absolute Gasteiger partial charge is 0.0624 e. The van der Waals surface area contributed by atoms with Gasteiger partial charge in [-0.05, 0) is 82.2 Å². The predicted molar refractivity (Wildman–Crippen MR) is 130 cm³/mol. The summed E-state index contributed by atoms with van der Waals surface area (Å²) in [5, 5.41) is 11.2. The maximum atomic E-state index is 6.34. The molecule has 5 rings (SSSR count). The van der Waals surface area contributed by atoms with E-state index in [1.165, 1.54) is 0 Å². The van der Waals surface area contributed by atoms with Gasteiger partial charge < -0.3 is 22.1 Å². The third-order valence-electron chi connectivity index (χ3n) is 5.24. The Morgan fingerprint density at radius 3 is 1.20 bits per heavy atom. The number of hydrogen-bond donors (Lipinski definition) is 4. The second kappa shape index (κ2) is 7.33. The Hall–Kier alpha value is -4.18. The monoisotopic (exact) mass is 390 g/mol. The third kappa shape index (κ3) is 3.47. The molecule has 0 radical (unpaired) electrons. The minimum atomic E-state index is 0.712. The highest BCUT2D eigenvalue weighted by Crippen LogP contribution is 2.34. The van der Waals surface area contributed by atoms with Crippen molar-refractivity contribution in [2.75, 3.05) is 22.1 Å². The number of nitrogens with two attached hydrogens (primary N) is 2. The summed E-state index contributed by atoms with van der Waals surface area (Å²) in [5.41, 5.74) is 17.9. The Bertz CT molecular complexity index is 1240. The first-order valence-electron chi connectivity index (χ1n) is 9.86. The van der Waals surface area contributed by atoms with Gasteiger partial charge in [-0.1, -0.05) is 36.4 Å². The van der Waals surface area contributed by atoms with E-state index in [-0.39, 0.29) is 0 Å². The quantitative estimate of drug-likeness (QED) is 0.205. The van der Waals surface area contributed by atoms with Gasteiger partial charge in [0.25, 0.3) is 0 Å². The summed E-state index contributed by atoms with van der Waals surface area (Å²) in [5.74, 6) is 0. The van der Waals surface area contributed by atoms with Crippen molar-refractivity contribution in [1.29, 1.82) is 0 Å². The number of hydrogen-bond acceptors (Lipinski definition) is 4. The highest BCUT2D eigenvalue weighted by molar-refractivity contribution is 6.04. The first kappa shape index (κ1) is 17.9. The normalized spacial score (nSPS) is 10.9. The van der Waals surface area contributed by atoms with Crippen molar-refractivity contribution in [3.63, 3.8) is 0 Å². The lowest BCUT2D eigenvalue weighted by Crippen LogP contribution is -1.97. The molecule has 4 heteroatoms. The van der Waals surface area contributed by atoms with Crippen LogP contribution >= 0.6 is 0 Å². The summed E-state index contributed by atoms with van der Waals surface area (Å²) in [6, 6.07) is 32.6. The van der Waals surface area contributed by atoms with Crippen molar-refractivity contribution < 1.29 is 0 Å². The lowest BCUT2D eigenvalue weighted by molar-refractivity contribution is 1.56. The van der Waals surface area contributed by atoms with Crippen LogP contribution in [0.25, 0.3) is 21.5 Å². The SMILES string of the molecule is Nc1cc2cc3cc(Nc4ccccc4)c(N)cc3cc2cc1Nc1ccccc1. The van der Waals surface area contributed by atoms with Crippen LogP contribution in [0, 0.1) is 0 Å². The molecule has 0 unspecified atom stereocenters. The van der Waals surface area contributed by atoms with E-state index < -0.39 is 0 Å². The van der Waals surface area contributed by atoms with Gasteiger partial charge in [-0.15, -0.1) is 0 Å². The molecule has 5 aromatic carbocycles. The van der Waals surface area contributed by atoms with Crippen LogP contribution in [0.4, 0.5) is 34.1 Å². The Labute approximate surface area is 175 Å². The van der Waals surface area contributed by atoms with Crippen LogP contribution in [0.2, 0.25) is 0 Å². The van der Waals surface area contributed by atoms with Gasteiger partial charge in [0.1, 0.15) is 0 Å². The molecule has 0 aliphatic carbocycles. The number of fused-ring (bicyclic) bond motifs is 2. The van der Waals surface area contributed by atoms with Gasteiger partial charge in [-0.2, -0.15) is 0 Å². The van der Waals surface area contributed by atoms with Crippen molar-refractivity contribution in [3.8, 4) is 0 Å². The molecule has 0 atom stereocenters. The maximum Gasteiger partial charge on any atom is 0.0624 e. The van der Waals surface area contributed by atoms with Crippen LogP contribution in [0.5, 0.6) is 0 Å². The summed E-state index contributed by atoms with van der Waals surface area (Å²) in [7, 11) is 0. The summed E-state index contributed by atoms with van der Waals surface area (Å²) < 4.78 is 0. The molecule has 0 bridgehead atoms. The molecule has 6 N–H and O–H groups in total. The van der Waals surface area contributed by atoms with E-state index in [1.807, 2.05) is 72.8 Å². The fourth-order valence-electron chi connectivity index (χ4n) is 3.71. The Morgan fingerprint density at radius 1 is 0.433 bits per heavy atom. The van der Waals surface area contributed by atoms with Crippen molar-refractivity contribution in [2.24, 2.45) is 0 Å². The van der Waals surface area contributed by atoms with E-state index in [0.717, 1.165) is 44.3 Å². The molecule has 30 heavy (non-hydrogen) atoms. The summed E-state index contributed by atoms with van der Waals surface area (Å²) in [6.45, 7) is 0. The Kier molecular flexibility index (Phi) is 4.37. The molecule has 0 spiro atoms. The molecule has 146 valence electrons. The molecule has 0 heterocycles. The zero-order chi connectivity index (χ0) is 20.5. The number of para-hydroxylation sites is 2. The van der Waals surface area contributed by atoms with Gasteiger partial charge in [0.2, 0.25) is 0 Å². The second-order valence-corrected chi connectivity index (χ2v) is 7.41. The number of rotatable bonds is 4. The average molecular weight is 390 g/mol. The fourth-order valence-corrected chi connectivity index (χ4v) is 3.71. The molecule has 0 aliphatic rings. The van der Waals surface area contributed by atoms with Crippen molar-refractivity contribution >= 4 is 55.7 Å². The predicted octanol–water partition coefficient (Wildman–Crippen LogP) is 6.64. The number of anilines is 6. The van der Waals surface area contributed by atoms with E-state index in [2.05, 4.69) is 34.9 Å². The summed E-state index contributed by atoms with van der Waals surface area (Å²) >= 11 is 0. The molecule has 0 saturated heterocycles. The summed E-state index contributed by atoms with van der Waals surface area (Å²) in [4.78, 5) is 0. The highest BCUT2D eigenvalue weighted by atomic mass is 14.9. The molecule has 0 aliphatic heterocycles. The van der Waals surface area contributed by atoms with Crippen LogP contribution < -0.4 is 22.1 Å². The van der Waals surface area contributed by atoms with Crippen LogP contribution in [0.3, 0.4) is 0 Å². The molecule has 0 amide bonds. The number of benzene rings is 5. The minimum Gasteiger partial charge on any atom is -0.397 e. The van der Waals surface area contributed by atoms with Crippen molar-refractivity contribution in [2.45, 2.75) is 0 Å². The van der Waals surface area contributed by atoms with Gasteiger partial charge in [-0.3, -0.25) is 0 Å². The van der Waals surface area contributed by atoms with E-state index in [1.54, 1.807) is 0 Å². The second-order valence-electron chi connectivity index (χ2n) is 7.41. The van der Waals surface area contributed by atoms with Crippen molar-refractivity contribution in [3.05, 3.63) is 97.1 Å². The number of nitrogens with one attached hydrogen (secondary N) is 2. The largest absolute Gasteiger partial charge is 0.397 e. The molecule has 0 aromatic heterocycles. The summed E-state index contributed by atoms with van der Waals surface area (Å²) in [6.07, 6.45) is 0. The van der Waals surface area contributed by atoms with E-state index >= 15 is 0 Å². The van der Waals surface area contributed by atoms with E-state index in [0.29, 0.717) is 11.4 Å². The zero-order valence-corrected chi connectivity index (χ0v) is 16.4. The lowest BCUT2D eigenvalue weighted by atomic mass is 10.0. The zero-order valence-electron chi connectivity index (χ0n) is 16.4. The minimum absolute atomic E-state index is 0.712. The van der Waals surface area contributed by atoms with Crippen LogP contribution in [0.15, 0.2) is 97.1 Å². The van der Waals surface area contributed by atoms with Crippen LogP contribution in [-0.2, 0) is 0 Å². The first-order chi connectivity index (χ1) is 14.7. The first-order valence-corrected chi connectivity index (χ1v) is 9.86. The van der Waals surface area contributed by atoms with E-state index in [9.17, 15) is 0 Å². The standard InChI is InChI=1S/C26H22N4/c27-23-13-17-12-20-16-26(30-22-9-5-2-6-10-22)24(28)14-18(20)11-19(17)15-25(23)29-21-7-3-1-4-8-21/h1-16,29-30H,27-28H2. The van der Waals surface area contributed by atoms with Gasteiger partial charge in [0.05, 0.1) is 22.7 Å². The maximum absolute atomic E-state index is 6.34. The van der Waals surface area contributed by atoms with Gasteiger partial charge in [0, 0.05) is 11.4 Å². The van der Waals surface area contributed by atoms with Gasteiger partial charge >= 0.3 is 0 Å². The van der Waals surface area contributed by atoms with Gasteiger partial charge in [-0.25, -0.2) is 0 Å². The molecular weight excluding hydrogens is 368 g/mol. The van der Waals surface area contributed by atoms with Crippen molar-refractivity contribution in [1.82, 2.24) is 0 Å². The van der Waals surface area contributed by atoms with Crippen LogP contribution in [-0.4, -0.2) is 0 Å². The molecular formula is C26H22N4. The Morgan fingerprint density at radius 2 is 0.800 bits per heavy atom. The lowest BCUT2D eigenvalue weighted by Gasteiger charge is -2.14. The topological polar surface area (TPSA) is 76.1 Å². The molecule has 5 aromatic rings. The highest BCUT2D eigenvalue weighted by Gasteiger charge is 2.08. The number of nitrogen functional groups attached to an aromatic ring is 2. The molecule has 0 fully saturated rings. The third-order valence-corrected chi connectivity index (χ3v) is 5.24. The average Bonchev–Trinajstić information content (AvgIpc) is 2.75. The van der Waals surface area contributed by atoms with Crippen LogP contribution in [0.1, 0.15) is 0 Å². The molecule has 4 nitrogen and oxygen atoms in total. The van der Waals surface area contributed by atoms with Gasteiger partial charge in [0.15, 0.2) is 0 Å². The fraction of sp³-hybridized carbons (Fsp3) is 0.